The molecule has 33 heavy (non-hydrogen) atoms. The Bertz CT molecular complexity index is 1420. The molecule has 1 aliphatic rings. The molecule has 2 aromatic heterocycles. The van der Waals surface area contributed by atoms with E-state index in [1.54, 1.807) is 24.0 Å². The number of nitrogens with two attached hydrogens (primary N) is 1. The second-order valence-electron chi connectivity index (χ2n) is 7.70. The Morgan fingerprint density at radius 2 is 2.09 bits per heavy atom. The number of nitrogen functional groups attached to an aromatic ring is 1. The van der Waals surface area contributed by atoms with Crippen molar-refractivity contribution < 1.29 is 27.4 Å². The lowest BCUT2D eigenvalue weighted by atomic mass is 10.0. The van der Waals surface area contributed by atoms with E-state index in [9.17, 15) is 18.0 Å². The van der Waals surface area contributed by atoms with Crippen LogP contribution in [0, 0.1) is 5.82 Å². The number of ether oxygens (including phenoxy) is 2. The number of carbonyl (C=O) groups excluding carboxylic acids is 1. The van der Waals surface area contributed by atoms with Crippen LogP contribution in [0.4, 0.5) is 19.0 Å². The van der Waals surface area contributed by atoms with E-state index in [1.807, 2.05) is 0 Å². The second kappa shape index (κ2) is 7.54. The molecule has 1 atom stereocenters. The predicted molar refractivity (Wildman–Crippen MR) is 114 cm³/mol. The van der Waals surface area contributed by atoms with E-state index in [0.717, 1.165) is 0 Å². The molecular formula is C22H18F3N5O3. The third-order valence-corrected chi connectivity index (χ3v) is 5.78. The lowest BCUT2D eigenvalue weighted by molar-refractivity contribution is -0.0499. The molecule has 0 fully saturated rings. The normalized spacial score (nSPS) is 15.2. The van der Waals surface area contributed by atoms with Gasteiger partial charge in [0.25, 0.3) is 5.91 Å². The first-order valence-electron chi connectivity index (χ1n) is 9.93. The number of halogens is 3. The topological polar surface area (TPSA) is 95.5 Å². The summed E-state index contributed by atoms with van der Waals surface area (Å²) in [5, 5.41) is 5.32. The Morgan fingerprint density at radius 3 is 2.85 bits per heavy atom. The Balaban J connectivity index is 1.52. The van der Waals surface area contributed by atoms with Gasteiger partial charge in [0, 0.05) is 37.2 Å². The summed E-state index contributed by atoms with van der Waals surface area (Å²) in [6, 6.07) is 6.34. The number of benzene rings is 2. The number of hydrogen-bond acceptors (Lipinski definition) is 6. The smallest absolute Gasteiger partial charge is 0.387 e. The number of amides is 1. The first kappa shape index (κ1) is 20.9. The monoisotopic (exact) mass is 457 g/mol. The Kier molecular flexibility index (Phi) is 4.76. The van der Waals surface area contributed by atoms with Crippen LogP contribution >= 0.6 is 0 Å². The van der Waals surface area contributed by atoms with Crippen molar-refractivity contribution in [2.24, 2.45) is 7.05 Å². The van der Waals surface area contributed by atoms with Crippen LogP contribution < -0.4 is 15.2 Å². The van der Waals surface area contributed by atoms with E-state index in [-0.39, 0.29) is 23.7 Å². The highest BCUT2D eigenvalue weighted by Crippen LogP contribution is 2.39. The van der Waals surface area contributed by atoms with Crippen LogP contribution in [0.2, 0.25) is 0 Å². The molecule has 0 spiro atoms. The summed E-state index contributed by atoms with van der Waals surface area (Å²) in [5.74, 6) is -0.821. The van der Waals surface area contributed by atoms with Gasteiger partial charge in [-0.05, 0) is 18.2 Å². The number of fused-ring (bicyclic) bond motifs is 4. The first-order chi connectivity index (χ1) is 15.7. The molecule has 2 aromatic carbocycles. The number of hydrogen-bond donors (Lipinski definition) is 1. The average molecular weight is 457 g/mol. The zero-order chi connectivity index (χ0) is 23.4. The highest BCUT2D eigenvalue weighted by molar-refractivity contribution is 6.10. The van der Waals surface area contributed by atoms with Gasteiger partial charge in [-0.25, -0.2) is 9.37 Å². The lowest BCUT2D eigenvalue weighted by Gasteiger charge is -2.24. The van der Waals surface area contributed by atoms with Crippen molar-refractivity contribution in [2.45, 2.75) is 12.7 Å². The molecule has 0 bridgehead atoms. The van der Waals surface area contributed by atoms with Crippen LogP contribution in [-0.2, 0) is 7.05 Å². The zero-order valence-electron chi connectivity index (χ0n) is 17.6. The minimum atomic E-state index is -2.96. The molecular weight excluding hydrogens is 439 g/mol. The predicted octanol–water partition coefficient (Wildman–Crippen LogP) is 3.65. The van der Waals surface area contributed by atoms with E-state index < -0.39 is 24.4 Å². The maximum atomic E-state index is 15.0. The van der Waals surface area contributed by atoms with Crippen molar-refractivity contribution in [3.05, 3.63) is 53.5 Å². The van der Waals surface area contributed by atoms with Crippen molar-refractivity contribution in [2.75, 3.05) is 19.4 Å². The number of pyridine rings is 1. The average Bonchev–Trinajstić information content (AvgIpc) is 3.36. The highest BCUT2D eigenvalue weighted by atomic mass is 19.3. The fourth-order valence-electron chi connectivity index (χ4n) is 4.14. The summed E-state index contributed by atoms with van der Waals surface area (Å²) in [5.41, 5.74) is 7.37. The lowest BCUT2D eigenvalue weighted by Crippen LogP contribution is -2.32. The van der Waals surface area contributed by atoms with Crippen LogP contribution in [0.3, 0.4) is 0 Å². The number of anilines is 1. The first-order valence-corrected chi connectivity index (χ1v) is 9.93. The van der Waals surface area contributed by atoms with Crippen molar-refractivity contribution in [3.63, 3.8) is 0 Å². The van der Waals surface area contributed by atoms with Gasteiger partial charge < -0.3 is 20.1 Å². The second-order valence-corrected chi connectivity index (χ2v) is 7.70. The van der Waals surface area contributed by atoms with Crippen molar-refractivity contribution in [1.82, 2.24) is 19.7 Å². The molecule has 11 heteroatoms. The van der Waals surface area contributed by atoms with Gasteiger partial charge in [0.2, 0.25) is 0 Å². The van der Waals surface area contributed by atoms with Crippen LogP contribution in [0.15, 0.2) is 36.5 Å². The molecule has 5 rings (SSSR count). The van der Waals surface area contributed by atoms with E-state index in [2.05, 4.69) is 14.8 Å². The maximum Gasteiger partial charge on any atom is 0.387 e. The summed E-state index contributed by atoms with van der Waals surface area (Å²) >= 11 is 0. The number of alkyl halides is 2. The Labute approximate surface area is 185 Å². The third-order valence-electron chi connectivity index (χ3n) is 5.78. The molecule has 3 heterocycles. The molecule has 170 valence electrons. The van der Waals surface area contributed by atoms with Gasteiger partial charge in [-0.15, -0.1) is 0 Å². The van der Waals surface area contributed by atoms with Crippen LogP contribution in [-0.4, -0.2) is 45.8 Å². The van der Waals surface area contributed by atoms with Gasteiger partial charge in [-0.3, -0.25) is 9.48 Å². The number of aromatic nitrogens is 3. The molecule has 0 aliphatic carbocycles. The molecule has 0 radical (unpaired) electrons. The minimum absolute atomic E-state index is 0.0501. The van der Waals surface area contributed by atoms with E-state index in [4.69, 9.17) is 10.5 Å². The van der Waals surface area contributed by atoms with Gasteiger partial charge in [0.05, 0.1) is 34.2 Å². The van der Waals surface area contributed by atoms with Gasteiger partial charge in [0.1, 0.15) is 29.7 Å². The molecule has 1 amide bonds. The van der Waals surface area contributed by atoms with Gasteiger partial charge >= 0.3 is 6.61 Å². The third kappa shape index (κ3) is 3.36. The highest BCUT2D eigenvalue weighted by Gasteiger charge is 2.32. The Hall–Kier alpha value is -4.02. The van der Waals surface area contributed by atoms with Gasteiger partial charge in [-0.2, -0.15) is 13.9 Å². The zero-order valence-corrected chi connectivity index (χ0v) is 17.6. The molecule has 0 saturated heterocycles. The van der Waals surface area contributed by atoms with E-state index >= 15 is 0 Å². The minimum Gasteiger partial charge on any atom is -0.491 e. The number of carbonyl (C=O) groups is 1. The van der Waals surface area contributed by atoms with Gasteiger partial charge in [-0.1, -0.05) is 0 Å². The summed E-state index contributed by atoms with van der Waals surface area (Å²) in [4.78, 5) is 18.9. The summed E-state index contributed by atoms with van der Waals surface area (Å²) in [6.45, 7) is -2.87. The van der Waals surface area contributed by atoms with E-state index in [1.165, 1.54) is 36.2 Å². The maximum absolute atomic E-state index is 15.0. The number of likely N-dealkylation sites (N-methyl/N-ethyl adjacent to an activating group) is 1. The quantitative estimate of drug-likeness (QED) is 0.503. The van der Waals surface area contributed by atoms with Crippen LogP contribution in [0.1, 0.15) is 22.0 Å². The molecule has 8 nitrogen and oxygen atoms in total. The van der Waals surface area contributed by atoms with Gasteiger partial charge in [0.15, 0.2) is 0 Å². The molecule has 0 saturated carbocycles. The fraction of sp³-hybridized carbons (Fsp3) is 0.227. The van der Waals surface area contributed by atoms with Crippen molar-refractivity contribution in [3.8, 4) is 11.5 Å². The molecule has 1 aliphatic heterocycles. The standard InChI is InChI=1S/C22H18F3N5O3/c1-29(17-9-32-18-5-10(33-22(24)25)3-4-11(17)18)21(31)12-6-13-16(7-15(12)23)28-20(26)14-8-27-30(2)19(13)14/h3-8,17,22H,9H2,1-2H3,(H2,26,28)/t17-/m1/s1. The Morgan fingerprint density at radius 1 is 1.30 bits per heavy atom. The summed E-state index contributed by atoms with van der Waals surface area (Å²) in [7, 11) is 3.25. The molecule has 2 N–H and O–H groups in total. The summed E-state index contributed by atoms with van der Waals surface area (Å²) in [6.07, 6.45) is 1.56. The number of aryl methyl sites for hydroxylation is 1. The van der Waals surface area contributed by atoms with Crippen molar-refractivity contribution >= 4 is 33.5 Å². The number of rotatable bonds is 4. The largest absolute Gasteiger partial charge is 0.491 e. The molecule has 0 unspecified atom stereocenters. The fourth-order valence-corrected chi connectivity index (χ4v) is 4.14. The SMILES string of the molecule is CN(C(=O)c1cc2c(cc1F)nc(N)c1cnn(C)c12)[C@@H]1COc2cc(OC(F)F)ccc21. The number of nitrogens with zero attached hydrogens (tertiary/aromatic N) is 4. The van der Waals surface area contributed by atoms with Crippen LogP contribution in [0.5, 0.6) is 11.5 Å². The van der Waals surface area contributed by atoms with E-state index in [0.29, 0.717) is 33.1 Å². The molecule has 4 aromatic rings. The summed E-state index contributed by atoms with van der Waals surface area (Å²) < 4.78 is 51.5. The van der Waals surface area contributed by atoms with Crippen molar-refractivity contribution in [1.29, 1.82) is 0 Å². The van der Waals surface area contributed by atoms with Crippen LogP contribution in [0.25, 0.3) is 21.8 Å².